The first-order valence-electron chi connectivity index (χ1n) is 38.4. The molecule has 5 rings (SSSR count). The molecule has 5 fully saturated rings. The molecule has 0 radical (unpaired) electrons. The number of carbonyl (C=O) groups is 12. The number of fused-ring (bicyclic) bond motifs is 1. The van der Waals surface area contributed by atoms with E-state index in [4.69, 9.17) is 11.6 Å². The molecule has 3 saturated heterocycles. The molecule has 31 heteroatoms. The van der Waals surface area contributed by atoms with E-state index in [-0.39, 0.29) is 102 Å². The van der Waals surface area contributed by atoms with Gasteiger partial charge in [-0.25, -0.2) is 8.78 Å². The first-order valence-corrected chi connectivity index (χ1v) is 38.8. The second kappa shape index (κ2) is 39.3. The fourth-order valence-corrected chi connectivity index (χ4v) is 16.1. The van der Waals surface area contributed by atoms with Crippen LogP contribution in [-0.4, -0.2) is 294 Å². The molecule has 25 nitrogen and oxygen atoms in total. The highest BCUT2D eigenvalue weighted by atomic mass is 35.5. The summed E-state index contributed by atoms with van der Waals surface area (Å²) in [5.74, 6) is -15.9. The lowest BCUT2D eigenvalue weighted by atomic mass is 9.78. The quantitative estimate of drug-likeness (QED) is 0.111. The smallest absolute Gasteiger partial charge is 0.347 e. The highest BCUT2D eigenvalue weighted by molar-refractivity contribution is 6.21. The normalized spacial score (nSPS) is 31.2. The molecule has 0 spiro atoms. The molecular formula is C75H125ClF5N13O12. The summed E-state index contributed by atoms with van der Waals surface area (Å²) in [7, 11) is 12.4. The third kappa shape index (κ3) is 23.3. The predicted octanol–water partition coefficient (Wildman–Crippen LogP) is 6.47. The van der Waals surface area contributed by atoms with Crippen LogP contribution in [0.25, 0.3) is 0 Å². The average molecular weight is 1530 g/mol. The Kier molecular flexibility index (Phi) is 33.4. The van der Waals surface area contributed by atoms with E-state index in [0.29, 0.717) is 18.8 Å². The number of halogens is 6. The van der Waals surface area contributed by atoms with Crippen molar-refractivity contribution >= 4 is 82.5 Å². The van der Waals surface area contributed by atoms with Crippen LogP contribution in [0.3, 0.4) is 0 Å². The SMILES string of the molecule is CC[C@H](C)[C@@H]1NC(=O)[C@H](CC(C)C)N(C)C(=O)C[C@@H](C(=O)N(C)C)N(C)C(=O)[C@H]([C@@H](C)CC)N(C)C(=O)[C@H](C(C)C)NC(=O)[C@H](CCN2CCCC(F)(F)C2)N(C)C(=O)[C@H](CCC2CCC(C(F)(F)F)C(Cl)C2)NC(=O)CN(C)C(=O)[C@H](CC2CCC(C)CC2)N(C)C(=O)[C@@H]2CCN2C(=O)[C@H](C)N(C)C1=O. The largest absolute Gasteiger partial charge is 0.393 e. The van der Waals surface area contributed by atoms with Crippen molar-refractivity contribution in [2.75, 3.05) is 96.2 Å². The molecule has 12 amide bonds. The minimum absolute atomic E-state index is 0.0329. The van der Waals surface area contributed by atoms with E-state index >= 15 is 32.8 Å². The fourth-order valence-electron chi connectivity index (χ4n) is 15.6. The molecular weight excluding hydrogens is 1410 g/mol. The Morgan fingerprint density at radius 1 is 0.613 bits per heavy atom. The lowest BCUT2D eigenvalue weighted by Crippen LogP contribution is -2.65. The molecule has 5 aliphatic rings. The Morgan fingerprint density at radius 2 is 1.19 bits per heavy atom. The van der Waals surface area contributed by atoms with Crippen LogP contribution in [0.2, 0.25) is 0 Å². The van der Waals surface area contributed by atoms with E-state index in [1.54, 1.807) is 34.6 Å². The van der Waals surface area contributed by atoms with Crippen molar-refractivity contribution in [2.24, 2.45) is 47.3 Å². The molecule has 3 heterocycles. The minimum Gasteiger partial charge on any atom is -0.347 e. The van der Waals surface area contributed by atoms with Crippen LogP contribution < -0.4 is 16.0 Å². The minimum atomic E-state index is -4.57. The lowest BCUT2D eigenvalue weighted by Gasteiger charge is -2.45. The van der Waals surface area contributed by atoms with Crippen molar-refractivity contribution in [3.05, 3.63) is 0 Å². The summed E-state index contributed by atoms with van der Waals surface area (Å²) in [5.41, 5.74) is 0. The maximum atomic E-state index is 15.5. The maximum Gasteiger partial charge on any atom is 0.393 e. The zero-order chi connectivity index (χ0) is 80.1. The van der Waals surface area contributed by atoms with Crippen LogP contribution in [-0.2, 0) is 57.5 Å². The van der Waals surface area contributed by atoms with E-state index in [1.165, 1.54) is 99.8 Å². The van der Waals surface area contributed by atoms with E-state index in [1.807, 2.05) is 20.8 Å². The van der Waals surface area contributed by atoms with Gasteiger partial charge < -0.3 is 60.0 Å². The van der Waals surface area contributed by atoms with Gasteiger partial charge in [-0.3, -0.25) is 62.4 Å². The number of hydrogen-bond acceptors (Lipinski definition) is 13. The van der Waals surface area contributed by atoms with Crippen molar-refractivity contribution in [2.45, 2.75) is 263 Å². The highest BCUT2D eigenvalue weighted by Crippen LogP contribution is 2.44. The molecule has 0 bridgehead atoms. The number of likely N-dealkylation sites (tertiary alicyclic amines) is 1. The first kappa shape index (κ1) is 90.2. The topological polar surface area (TPSA) is 273 Å². The van der Waals surface area contributed by atoms with Crippen molar-refractivity contribution in [3.63, 3.8) is 0 Å². The molecule has 0 aromatic rings. The Balaban J connectivity index is 1.68. The zero-order valence-corrected chi connectivity index (χ0v) is 67.1. The molecule has 2 saturated carbocycles. The van der Waals surface area contributed by atoms with Crippen molar-refractivity contribution in [1.29, 1.82) is 0 Å². The Morgan fingerprint density at radius 3 is 1.73 bits per heavy atom. The van der Waals surface area contributed by atoms with Crippen molar-refractivity contribution in [3.8, 4) is 0 Å². The number of alkyl halides is 6. The molecule has 0 aromatic carbocycles. The first-order chi connectivity index (χ1) is 49.3. The molecule has 15 atom stereocenters. The molecule has 604 valence electrons. The van der Waals surface area contributed by atoms with Gasteiger partial charge in [0.1, 0.15) is 60.4 Å². The second-order valence-electron chi connectivity index (χ2n) is 32.4. The second-order valence-corrected chi connectivity index (χ2v) is 33.0. The summed E-state index contributed by atoms with van der Waals surface area (Å²) in [5, 5.41) is 7.17. The Hall–Kier alpha value is -6.46. The summed E-state index contributed by atoms with van der Waals surface area (Å²) in [4.78, 5) is 192. The van der Waals surface area contributed by atoms with Crippen molar-refractivity contribution < 1.29 is 79.5 Å². The summed E-state index contributed by atoms with van der Waals surface area (Å²) in [6.45, 7) is 16.4. The molecule has 2 aliphatic carbocycles. The van der Waals surface area contributed by atoms with Gasteiger partial charge in [0.05, 0.1) is 25.4 Å². The Labute approximate surface area is 630 Å². The molecule has 106 heavy (non-hydrogen) atoms. The maximum absolute atomic E-state index is 15.5. The molecule has 0 aromatic heterocycles. The zero-order valence-electron chi connectivity index (χ0n) is 66.4. The lowest BCUT2D eigenvalue weighted by molar-refractivity contribution is -0.182. The fraction of sp³-hybridized carbons (Fsp3) is 0.840. The summed E-state index contributed by atoms with van der Waals surface area (Å²) < 4.78 is 72.5. The Bertz CT molecular complexity index is 3070. The average Bonchev–Trinajstić information content (AvgIpc) is 0.785. The number of rotatable bonds is 16. The van der Waals surface area contributed by atoms with E-state index in [2.05, 4.69) is 22.9 Å². The number of amides is 12. The highest BCUT2D eigenvalue weighted by Gasteiger charge is 2.50. The van der Waals surface area contributed by atoms with Gasteiger partial charge in [-0.15, -0.1) is 11.6 Å². The number of piperidine rings is 1. The van der Waals surface area contributed by atoms with Crippen LogP contribution in [0.4, 0.5) is 22.0 Å². The van der Waals surface area contributed by atoms with Gasteiger partial charge in [0.15, 0.2) is 0 Å². The van der Waals surface area contributed by atoms with E-state index in [0.717, 1.165) is 45.3 Å². The standard InChI is InChI=1S/C75H125ClF5N13O12/c1-20-46(8)62-72(105)87(14)48(10)66(99)94-36-32-55(94)70(103)90(17)57(39-50-25-23-45(7)24-26-50)69(102)86(13)41-59(95)82-53(30-28-49-27-29-51(52(76)38-49)75(79,80)81)67(100)89(16)54(31-35-93-34-22-33-74(77,78)42-93)64(97)83-61(44(5)6)71(104)92(19)63(47(9)21-2)73(106)91(18)58(68(101)85(11)12)40-60(96)88(15)56(37-43(3)4)65(98)84-62/h43-58,61-63H,20-42H2,1-19H3,(H,82,95)(H,83,97)(H,84,98)/t45?,46-,47-,48-,49?,50?,51?,52?,53-,54-,55-,56-,57-,58-,61-,62-,63-/m0/s1. The van der Waals surface area contributed by atoms with Gasteiger partial charge in [0, 0.05) is 88.3 Å². The number of nitrogens with one attached hydrogen (secondary N) is 3. The summed E-state index contributed by atoms with van der Waals surface area (Å²) >= 11 is 6.42. The summed E-state index contributed by atoms with van der Waals surface area (Å²) in [6, 6.07) is -13.4. The van der Waals surface area contributed by atoms with Gasteiger partial charge in [-0.05, 0) is 119 Å². The van der Waals surface area contributed by atoms with Gasteiger partial charge in [-0.1, -0.05) is 101 Å². The number of nitrogens with zero attached hydrogens (tertiary/aromatic N) is 10. The van der Waals surface area contributed by atoms with E-state index < -0.39 is 198 Å². The van der Waals surface area contributed by atoms with Crippen LogP contribution in [0.15, 0.2) is 0 Å². The van der Waals surface area contributed by atoms with Crippen LogP contribution in [0, 0.1) is 47.3 Å². The van der Waals surface area contributed by atoms with Gasteiger partial charge >= 0.3 is 6.18 Å². The molecule has 3 aliphatic heterocycles. The van der Waals surface area contributed by atoms with Gasteiger partial charge in [0.2, 0.25) is 70.9 Å². The number of carbonyl (C=O) groups excluding carboxylic acids is 12. The van der Waals surface area contributed by atoms with Gasteiger partial charge in [-0.2, -0.15) is 13.2 Å². The number of hydrogen-bond donors (Lipinski definition) is 3. The summed E-state index contributed by atoms with van der Waals surface area (Å²) in [6.07, 6.45) is -1.92. The molecule has 3 N–H and O–H groups in total. The van der Waals surface area contributed by atoms with Crippen LogP contribution in [0.1, 0.15) is 185 Å². The van der Waals surface area contributed by atoms with E-state index in [9.17, 15) is 46.7 Å². The number of likely N-dealkylation sites (N-methyl/N-ethyl adjacent to an activating group) is 8. The third-order valence-corrected chi connectivity index (χ3v) is 24.0. The van der Waals surface area contributed by atoms with Crippen LogP contribution in [0.5, 0.6) is 0 Å². The van der Waals surface area contributed by atoms with Crippen LogP contribution >= 0.6 is 11.6 Å². The third-order valence-electron chi connectivity index (χ3n) is 23.5. The predicted molar refractivity (Wildman–Crippen MR) is 392 cm³/mol. The van der Waals surface area contributed by atoms with Gasteiger partial charge in [0.25, 0.3) is 5.92 Å². The molecule has 3 unspecified atom stereocenters. The monoisotopic (exact) mass is 1530 g/mol. The van der Waals surface area contributed by atoms with Crippen molar-refractivity contribution in [1.82, 2.24) is 64.9 Å².